The summed E-state index contributed by atoms with van der Waals surface area (Å²) >= 11 is 0. The second kappa shape index (κ2) is 6.40. The maximum absolute atomic E-state index is 11.7. The first kappa shape index (κ1) is 17.2. The first-order valence-corrected chi connectivity index (χ1v) is 6.14. The van der Waals surface area contributed by atoms with Gasteiger partial charge in [0.2, 0.25) is 5.91 Å². The van der Waals surface area contributed by atoms with Crippen molar-refractivity contribution in [1.29, 1.82) is 0 Å². The van der Waals surface area contributed by atoms with Crippen molar-refractivity contribution in [3.8, 4) is 0 Å². The Bertz CT molecular complexity index is 368. The molecule has 3 amide bonds. The van der Waals surface area contributed by atoms with Crippen molar-refractivity contribution in [2.24, 2.45) is 11.1 Å². The minimum Gasteiger partial charge on any atom is -0.480 e. The summed E-state index contributed by atoms with van der Waals surface area (Å²) in [5.74, 6) is -1.64. The fourth-order valence-corrected chi connectivity index (χ4v) is 1.41. The summed E-state index contributed by atoms with van der Waals surface area (Å²) in [6, 6.07) is -0.632. The van der Waals surface area contributed by atoms with Gasteiger partial charge in [0.1, 0.15) is 5.54 Å². The van der Waals surface area contributed by atoms with Crippen LogP contribution in [0.3, 0.4) is 0 Å². The van der Waals surface area contributed by atoms with E-state index < -0.39 is 28.9 Å². The second-order valence-corrected chi connectivity index (χ2v) is 5.44. The Kier molecular flexibility index (Phi) is 5.80. The summed E-state index contributed by atoms with van der Waals surface area (Å²) in [7, 11) is 0. The fraction of sp³-hybridized carbons (Fsp3) is 0.750. The average Bonchev–Trinajstić information content (AvgIpc) is 2.26. The van der Waals surface area contributed by atoms with Gasteiger partial charge < -0.3 is 21.5 Å². The standard InChI is InChI=1S/C12H23N3O4/c1-5-6-12(4,9(17)18)15-10(19)14-7-11(2,3)8(13)16/h5-7H2,1-4H3,(H2,13,16)(H,17,18)(H2,14,15,19). The Balaban J connectivity index is 4.53. The fourth-order valence-electron chi connectivity index (χ4n) is 1.41. The summed E-state index contributed by atoms with van der Waals surface area (Å²) in [4.78, 5) is 33.9. The molecule has 0 spiro atoms. The van der Waals surface area contributed by atoms with Crippen LogP contribution in [0.5, 0.6) is 0 Å². The van der Waals surface area contributed by atoms with E-state index >= 15 is 0 Å². The third-order valence-corrected chi connectivity index (χ3v) is 2.97. The van der Waals surface area contributed by atoms with Crippen LogP contribution in [-0.2, 0) is 9.59 Å². The van der Waals surface area contributed by atoms with E-state index in [1.54, 1.807) is 13.8 Å². The van der Waals surface area contributed by atoms with Gasteiger partial charge in [0.15, 0.2) is 0 Å². The van der Waals surface area contributed by atoms with E-state index in [1.165, 1.54) is 6.92 Å². The predicted molar refractivity (Wildman–Crippen MR) is 70.5 cm³/mol. The molecule has 7 nitrogen and oxygen atoms in total. The van der Waals surface area contributed by atoms with Gasteiger partial charge >= 0.3 is 12.0 Å². The zero-order valence-electron chi connectivity index (χ0n) is 11.9. The lowest BCUT2D eigenvalue weighted by atomic mass is 9.93. The van der Waals surface area contributed by atoms with Gasteiger partial charge in [-0.05, 0) is 27.2 Å². The monoisotopic (exact) mass is 273 g/mol. The molecule has 0 rings (SSSR count). The Morgan fingerprint density at radius 3 is 2.11 bits per heavy atom. The van der Waals surface area contributed by atoms with Crippen molar-refractivity contribution in [2.45, 2.75) is 46.1 Å². The van der Waals surface area contributed by atoms with E-state index in [9.17, 15) is 14.4 Å². The summed E-state index contributed by atoms with van der Waals surface area (Å²) in [6.45, 7) is 6.50. The normalized spacial score (nSPS) is 14.3. The molecule has 0 aromatic heterocycles. The zero-order valence-corrected chi connectivity index (χ0v) is 11.9. The number of carboxylic acids is 1. The predicted octanol–water partition coefficient (Wildman–Crippen LogP) is 0.441. The van der Waals surface area contributed by atoms with Crippen LogP contribution in [0.25, 0.3) is 0 Å². The van der Waals surface area contributed by atoms with Gasteiger partial charge in [-0.1, -0.05) is 13.3 Å². The Labute approximate surface area is 112 Å². The van der Waals surface area contributed by atoms with Crippen LogP contribution in [-0.4, -0.2) is 35.1 Å². The van der Waals surface area contributed by atoms with Gasteiger partial charge in [-0.15, -0.1) is 0 Å². The number of aliphatic carboxylic acids is 1. The number of hydrogen-bond donors (Lipinski definition) is 4. The lowest BCUT2D eigenvalue weighted by molar-refractivity contribution is -0.144. The average molecular weight is 273 g/mol. The van der Waals surface area contributed by atoms with Crippen LogP contribution < -0.4 is 16.4 Å². The molecule has 0 bridgehead atoms. The molecular weight excluding hydrogens is 250 g/mol. The van der Waals surface area contributed by atoms with Crippen LogP contribution in [0.15, 0.2) is 0 Å². The molecule has 0 saturated carbocycles. The number of nitrogens with two attached hydrogens (primary N) is 1. The summed E-state index contributed by atoms with van der Waals surface area (Å²) in [6.07, 6.45) is 0.935. The summed E-state index contributed by atoms with van der Waals surface area (Å²) < 4.78 is 0. The molecule has 0 aliphatic heterocycles. The van der Waals surface area contributed by atoms with Crippen molar-refractivity contribution in [3.05, 3.63) is 0 Å². The highest BCUT2D eigenvalue weighted by molar-refractivity contribution is 5.86. The molecule has 1 unspecified atom stereocenters. The number of carboxylic acid groups (broad SMARTS) is 1. The molecular formula is C12H23N3O4. The van der Waals surface area contributed by atoms with Crippen LogP contribution >= 0.6 is 0 Å². The van der Waals surface area contributed by atoms with Crippen molar-refractivity contribution in [2.75, 3.05) is 6.54 Å². The maximum atomic E-state index is 11.7. The van der Waals surface area contributed by atoms with Crippen LogP contribution in [0.1, 0.15) is 40.5 Å². The molecule has 0 radical (unpaired) electrons. The minimum atomic E-state index is -1.32. The number of rotatable bonds is 7. The quantitative estimate of drug-likeness (QED) is 0.537. The highest BCUT2D eigenvalue weighted by atomic mass is 16.4. The Morgan fingerprint density at radius 1 is 1.21 bits per heavy atom. The number of primary amides is 1. The molecule has 7 heteroatoms. The van der Waals surface area contributed by atoms with E-state index in [1.807, 2.05) is 6.92 Å². The van der Waals surface area contributed by atoms with Gasteiger partial charge in [-0.2, -0.15) is 0 Å². The molecule has 0 aromatic carbocycles. The number of amides is 3. The third-order valence-electron chi connectivity index (χ3n) is 2.97. The highest BCUT2D eigenvalue weighted by Crippen LogP contribution is 2.14. The molecule has 0 heterocycles. The number of carbonyl (C=O) groups is 3. The lowest BCUT2D eigenvalue weighted by Gasteiger charge is -2.27. The summed E-state index contributed by atoms with van der Waals surface area (Å²) in [5.41, 5.74) is 2.96. The Morgan fingerprint density at radius 2 is 1.74 bits per heavy atom. The smallest absolute Gasteiger partial charge is 0.329 e. The molecule has 0 saturated heterocycles. The first-order chi connectivity index (χ1) is 8.55. The van der Waals surface area contributed by atoms with Crippen molar-refractivity contribution in [3.63, 3.8) is 0 Å². The SMILES string of the molecule is CCCC(C)(NC(=O)NCC(C)(C)C(N)=O)C(=O)O. The van der Waals surface area contributed by atoms with Crippen molar-refractivity contribution in [1.82, 2.24) is 10.6 Å². The van der Waals surface area contributed by atoms with Gasteiger partial charge in [0.25, 0.3) is 0 Å². The third kappa shape index (κ3) is 5.15. The van der Waals surface area contributed by atoms with Crippen LogP contribution in [0.4, 0.5) is 4.79 Å². The minimum absolute atomic E-state index is 0.0377. The molecule has 1 atom stereocenters. The lowest BCUT2D eigenvalue weighted by Crippen LogP contribution is -2.56. The molecule has 0 aromatic rings. The molecule has 5 N–H and O–H groups in total. The van der Waals surface area contributed by atoms with E-state index in [0.29, 0.717) is 12.8 Å². The molecule has 0 aliphatic carbocycles. The van der Waals surface area contributed by atoms with Crippen LogP contribution in [0, 0.1) is 5.41 Å². The topological polar surface area (TPSA) is 122 Å². The number of hydrogen-bond acceptors (Lipinski definition) is 3. The van der Waals surface area contributed by atoms with Gasteiger partial charge in [0.05, 0.1) is 5.41 Å². The number of urea groups is 1. The zero-order chi connectivity index (χ0) is 15.3. The van der Waals surface area contributed by atoms with E-state index in [-0.39, 0.29) is 6.54 Å². The first-order valence-electron chi connectivity index (χ1n) is 6.14. The van der Waals surface area contributed by atoms with Crippen molar-refractivity contribution >= 4 is 17.9 Å². The van der Waals surface area contributed by atoms with Crippen molar-refractivity contribution < 1.29 is 19.5 Å². The van der Waals surface area contributed by atoms with Gasteiger partial charge in [0, 0.05) is 6.54 Å². The van der Waals surface area contributed by atoms with E-state index in [0.717, 1.165) is 0 Å². The number of nitrogens with one attached hydrogen (secondary N) is 2. The second-order valence-electron chi connectivity index (χ2n) is 5.44. The van der Waals surface area contributed by atoms with E-state index in [4.69, 9.17) is 10.8 Å². The molecule has 19 heavy (non-hydrogen) atoms. The van der Waals surface area contributed by atoms with E-state index in [2.05, 4.69) is 10.6 Å². The Hall–Kier alpha value is -1.79. The highest BCUT2D eigenvalue weighted by Gasteiger charge is 2.34. The summed E-state index contributed by atoms with van der Waals surface area (Å²) in [5, 5.41) is 14.0. The molecule has 110 valence electrons. The molecule has 0 fully saturated rings. The van der Waals surface area contributed by atoms with Gasteiger partial charge in [-0.25, -0.2) is 9.59 Å². The maximum Gasteiger partial charge on any atom is 0.329 e. The van der Waals surface area contributed by atoms with Gasteiger partial charge in [-0.3, -0.25) is 4.79 Å². The molecule has 0 aliphatic rings. The van der Waals surface area contributed by atoms with Crippen LogP contribution in [0.2, 0.25) is 0 Å². The largest absolute Gasteiger partial charge is 0.480 e. The number of carbonyl (C=O) groups excluding carboxylic acids is 2.